The number of carbonyl (C=O) groups is 2. The van der Waals surface area contributed by atoms with Gasteiger partial charge in [0.1, 0.15) is 5.75 Å². The van der Waals surface area contributed by atoms with Crippen LogP contribution in [-0.2, 0) is 22.6 Å². The van der Waals surface area contributed by atoms with Crippen LogP contribution < -0.4 is 15.0 Å². The van der Waals surface area contributed by atoms with Crippen LogP contribution in [0.15, 0.2) is 85.1 Å². The molecule has 42 heavy (non-hydrogen) atoms. The van der Waals surface area contributed by atoms with Gasteiger partial charge in [-0.1, -0.05) is 61.5 Å². The van der Waals surface area contributed by atoms with E-state index in [4.69, 9.17) is 4.74 Å². The van der Waals surface area contributed by atoms with E-state index in [1.807, 2.05) is 60.5 Å². The van der Waals surface area contributed by atoms with Crippen LogP contribution in [-0.4, -0.2) is 79.0 Å². The summed E-state index contributed by atoms with van der Waals surface area (Å²) >= 11 is 0. The summed E-state index contributed by atoms with van der Waals surface area (Å²) in [5, 5.41) is 4.43. The molecule has 2 N–H and O–H groups in total. The van der Waals surface area contributed by atoms with Crippen molar-refractivity contribution in [2.45, 2.75) is 32.4 Å². The summed E-state index contributed by atoms with van der Waals surface area (Å²) in [6.07, 6.45) is 3.00. The number of para-hydroxylation sites is 3. The highest BCUT2D eigenvalue weighted by atomic mass is 16.5. The number of piperazine rings is 1. The lowest BCUT2D eigenvalue weighted by Gasteiger charge is -2.36. The number of anilines is 1. The maximum Gasteiger partial charge on any atom is 0.234 e. The molecule has 5 rings (SSSR count). The summed E-state index contributed by atoms with van der Waals surface area (Å²) in [6, 6.07) is 26.1. The summed E-state index contributed by atoms with van der Waals surface area (Å²) in [7, 11) is 1.64. The molecule has 220 valence electrons. The third-order valence-corrected chi connectivity index (χ3v) is 8.02. The van der Waals surface area contributed by atoms with Crippen LogP contribution in [0.25, 0.3) is 10.9 Å². The first-order valence-corrected chi connectivity index (χ1v) is 14.8. The van der Waals surface area contributed by atoms with Gasteiger partial charge in [0.15, 0.2) is 0 Å². The van der Waals surface area contributed by atoms with E-state index in [0.717, 1.165) is 54.0 Å². The molecule has 0 spiro atoms. The highest BCUT2D eigenvalue weighted by molar-refractivity contribution is 5.83. The molecule has 0 bridgehead atoms. The van der Waals surface area contributed by atoms with Crippen molar-refractivity contribution in [1.82, 2.24) is 20.1 Å². The molecule has 1 fully saturated rings. The minimum atomic E-state index is -0.257. The van der Waals surface area contributed by atoms with E-state index in [1.54, 1.807) is 7.11 Å². The average Bonchev–Trinajstić information content (AvgIpc) is 3.43. The van der Waals surface area contributed by atoms with Crippen LogP contribution in [0.1, 0.15) is 24.5 Å². The Balaban J connectivity index is 1.29. The quantitative estimate of drug-likeness (QED) is 0.264. The van der Waals surface area contributed by atoms with Crippen molar-refractivity contribution in [3.05, 3.63) is 96.2 Å². The molecule has 4 aromatic rings. The number of ether oxygens (including phenoxy) is 1. The molecular weight excluding hydrogens is 526 g/mol. The van der Waals surface area contributed by atoms with E-state index >= 15 is 0 Å². The molecule has 1 aromatic heterocycles. The van der Waals surface area contributed by atoms with Gasteiger partial charge in [-0.15, -0.1) is 0 Å². The van der Waals surface area contributed by atoms with Crippen LogP contribution in [0.5, 0.6) is 5.75 Å². The molecule has 8 nitrogen and oxygen atoms in total. The van der Waals surface area contributed by atoms with Gasteiger partial charge in [0.25, 0.3) is 0 Å². The first kappa shape index (κ1) is 29.2. The van der Waals surface area contributed by atoms with E-state index in [-0.39, 0.29) is 17.9 Å². The van der Waals surface area contributed by atoms with Crippen molar-refractivity contribution >= 4 is 28.4 Å². The van der Waals surface area contributed by atoms with Crippen molar-refractivity contribution in [3.8, 4) is 5.75 Å². The predicted octanol–water partition coefficient (Wildman–Crippen LogP) is 4.46. The number of hydrogen-bond acceptors (Lipinski definition) is 5. The number of amides is 2. The second kappa shape index (κ2) is 14.0. The van der Waals surface area contributed by atoms with Crippen molar-refractivity contribution in [2.24, 2.45) is 0 Å². The number of carbonyl (C=O) groups excluding carboxylic acids is 2. The molecule has 1 saturated heterocycles. The lowest BCUT2D eigenvalue weighted by molar-refractivity contribution is -0.132. The van der Waals surface area contributed by atoms with Gasteiger partial charge in [0.2, 0.25) is 11.8 Å². The Morgan fingerprint density at radius 1 is 0.929 bits per heavy atom. The highest BCUT2D eigenvalue weighted by Gasteiger charge is 2.25. The second-order valence-electron chi connectivity index (χ2n) is 10.9. The average molecular weight is 568 g/mol. The summed E-state index contributed by atoms with van der Waals surface area (Å²) < 4.78 is 5.56. The zero-order valence-corrected chi connectivity index (χ0v) is 24.6. The topological polar surface area (TPSA) is 80.9 Å². The molecule has 1 unspecified atom stereocenters. The monoisotopic (exact) mass is 567 g/mol. The molecule has 2 amide bonds. The van der Waals surface area contributed by atoms with Crippen LogP contribution in [0.4, 0.5) is 5.69 Å². The number of rotatable bonds is 12. The Morgan fingerprint density at radius 3 is 2.40 bits per heavy atom. The van der Waals surface area contributed by atoms with Crippen LogP contribution in [0, 0.1) is 0 Å². The van der Waals surface area contributed by atoms with Gasteiger partial charge < -0.3 is 24.8 Å². The van der Waals surface area contributed by atoms with E-state index in [0.29, 0.717) is 32.5 Å². The number of aromatic nitrogens is 1. The SMILES string of the molecule is CCC(=O)N(Cc1ccccc1OC)CC(Cc1c[nH]c2ccccc12)NC(=O)CN1CCN(c2ccccc2)CC1. The molecular formula is C34H41N5O3. The molecule has 3 aromatic carbocycles. The second-order valence-corrected chi connectivity index (χ2v) is 10.9. The highest BCUT2D eigenvalue weighted by Crippen LogP contribution is 2.22. The van der Waals surface area contributed by atoms with E-state index in [1.165, 1.54) is 5.69 Å². The van der Waals surface area contributed by atoms with Gasteiger partial charge in [-0.2, -0.15) is 0 Å². The van der Waals surface area contributed by atoms with Crippen LogP contribution in [0.3, 0.4) is 0 Å². The Morgan fingerprint density at radius 2 is 1.64 bits per heavy atom. The Bertz CT molecular complexity index is 1460. The fourth-order valence-corrected chi connectivity index (χ4v) is 5.79. The van der Waals surface area contributed by atoms with Crippen LogP contribution in [0.2, 0.25) is 0 Å². The molecule has 1 aliphatic rings. The van der Waals surface area contributed by atoms with Crippen molar-refractivity contribution in [3.63, 3.8) is 0 Å². The van der Waals surface area contributed by atoms with E-state index in [2.05, 4.69) is 56.5 Å². The van der Waals surface area contributed by atoms with Gasteiger partial charge in [-0.05, 0) is 36.2 Å². The fourth-order valence-electron chi connectivity index (χ4n) is 5.79. The van der Waals surface area contributed by atoms with Crippen LogP contribution >= 0.6 is 0 Å². The van der Waals surface area contributed by atoms with Gasteiger partial charge in [-0.3, -0.25) is 14.5 Å². The molecule has 1 aliphatic heterocycles. The Kier molecular flexibility index (Phi) is 9.77. The summed E-state index contributed by atoms with van der Waals surface area (Å²) in [5.41, 5.74) is 4.34. The number of nitrogens with one attached hydrogen (secondary N) is 2. The van der Waals surface area contributed by atoms with Gasteiger partial charge >= 0.3 is 0 Å². The Hall–Kier alpha value is -4.30. The fraction of sp³-hybridized carbons (Fsp3) is 0.353. The van der Waals surface area contributed by atoms with E-state index < -0.39 is 0 Å². The molecule has 1 atom stereocenters. The standard InChI is InChI=1S/C34H41N5O3/c1-3-34(41)39(23-26-11-7-10-16-32(26)42-2)24-28(21-27-22-35-31-15-9-8-14-30(27)31)36-33(40)25-37-17-19-38(20-18-37)29-12-5-4-6-13-29/h4-16,22,28,35H,3,17-21,23-25H2,1-2H3,(H,36,40). The number of H-pyrrole nitrogens is 1. The molecule has 0 saturated carbocycles. The third-order valence-electron chi connectivity index (χ3n) is 8.02. The lowest BCUT2D eigenvalue weighted by atomic mass is 10.0. The first-order valence-electron chi connectivity index (χ1n) is 14.8. The molecule has 0 aliphatic carbocycles. The number of nitrogens with zero attached hydrogens (tertiary/aromatic N) is 3. The maximum absolute atomic E-state index is 13.4. The van der Waals surface area contributed by atoms with Gasteiger partial charge in [-0.25, -0.2) is 0 Å². The zero-order chi connectivity index (χ0) is 29.3. The summed E-state index contributed by atoms with van der Waals surface area (Å²) in [6.45, 7) is 6.44. The minimum Gasteiger partial charge on any atom is -0.496 e. The van der Waals surface area contributed by atoms with Crippen molar-refractivity contribution < 1.29 is 14.3 Å². The molecule has 8 heteroatoms. The summed E-state index contributed by atoms with van der Waals surface area (Å²) in [5.74, 6) is 0.767. The number of aromatic amines is 1. The number of fused-ring (bicyclic) bond motifs is 1. The number of methoxy groups -OCH3 is 1. The minimum absolute atomic E-state index is 0.0193. The van der Waals surface area contributed by atoms with Crippen molar-refractivity contribution in [2.75, 3.05) is 51.3 Å². The van der Waals surface area contributed by atoms with Crippen molar-refractivity contribution in [1.29, 1.82) is 0 Å². The van der Waals surface area contributed by atoms with E-state index in [9.17, 15) is 9.59 Å². The largest absolute Gasteiger partial charge is 0.496 e. The predicted molar refractivity (Wildman–Crippen MR) is 168 cm³/mol. The van der Waals surface area contributed by atoms with Gasteiger partial charge in [0.05, 0.1) is 19.7 Å². The Labute approximate surface area is 248 Å². The summed E-state index contributed by atoms with van der Waals surface area (Å²) in [4.78, 5) is 36.4. The number of benzene rings is 3. The molecule has 2 heterocycles. The molecule has 0 radical (unpaired) electrons. The lowest BCUT2D eigenvalue weighted by Crippen LogP contribution is -2.52. The normalized spacial score (nSPS) is 14.5. The smallest absolute Gasteiger partial charge is 0.234 e. The first-order chi connectivity index (χ1) is 20.5. The van der Waals surface area contributed by atoms with Gasteiger partial charge in [0, 0.05) is 74.0 Å². The number of hydrogen-bond donors (Lipinski definition) is 2. The zero-order valence-electron chi connectivity index (χ0n) is 24.6. The maximum atomic E-state index is 13.4. The third kappa shape index (κ3) is 7.31.